The first-order valence-corrected chi connectivity index (χ1v) is 7.79. The molecule has 3 rings (SSSR count). The third kappa shape index (κ3) is 2.87. The number of aryl methyl sites for hydroxylation is 1. The van der Waals surface area contributed by atoms with Crippen molar-refractivity contribution in [3.63, 3.8) is 0 Å². The topological polar surface area (TPSA) is 96.5 Å². The highest BCUT2D eigenvalue weighted by molar-refractivity contribution is 7.15. The van der Waals surface area contributed by atoms with Crippen molar-refractivity contribution in [3.8, 4) is 0 Å². The monoisotopic (exact) mass is 321 g/mol. The second-order valence-corrected chi connectivity index (χ2v) is 6.32. The van der Waals surface area contributed by atoms with E-state index in [0.717, 1.165) is 24.2 Å². The molecule has 3 heterocycles. The summed E-state index contributed by atoms with van der Waals surface area (Å²) in [5, 5.41) is 12.7. The van der Waals surface area contributed by atoms with Gasteiger partial charge in [0.2, 0.25) is 5.89 Å². The van der Waals surface area contributed by atoms with Gasteiger partial charge in [0.05, 0.1) is 10.8 Å². The predicted molar refractivity (Wildman–Crippen MR) is 78.2 cm³/mol. The van der Waals surface area contributed by atoms with Crippen molar-refractivity contribution in [1.82, 2.24) is 15.0 Å². The maximum absolute atomic E-state index is 12.5. The van der Waals surface area contributed by atoms with Crippen molar-refractivity contribution in [2.45, 2.75) is 25.7 Å². The van der Waals surface area contributed by atoms with Crippen LogP contribution in [0.3, 0.4) is 0 Å². The number of hydrogen-bond donors (Lipinski definition) is 1. The van der Waals surface area contributed by atoms with Crippen molar-refractivity contribution in [2.75, 3.05) is 13.1 Å². The van der Waals surface area contributed by atoms with E-state index < -0.39 is 5.97 Å². The average molecular weight is 321 g/mol. The van der Waals surface area contributed by atoms with Gasteiger partial charge in [-0.25, -0.2) is 4.79 Å². The summed E-state index contributed by atoms with van der Waals surface area (Å²) in [7, 11) is 0. The van der Waals surface area contributed by atoms with Crippen molar-refractivity contribution in [1.29, 1.82) is 0 Å². The van der Waals surface area contributed by atoms with Crippen LogP contribution in [0, 0.1) is 6.92 Å². The zero-order chi connectivity index (χ0) is 15.7. The first-order valence-electron chi connectivity index (χ1n) is 6.97. The number of rotatable bonds is 3. The van der Waals surface area contributed by atoms with Gasteiger partial charge >= 0.3 is 5.97 Å². The Balaban J connectivity index is 1.73. The van der Waals surface area contributed by atoms with E-state index in [4.69, 9.17) is 9.63 Å². The van der Waals surface area contributed by atoms with Gasteiger partial charge < -0.3 is 14.5 Å². The quantitative estimate of drug-likeness (QED) is 0.930. The summed E-state index contributed by atoms with van der Waals surface area (Å²) in [5.41, 5.74) is 0. The summed E-state index contributed by atoms with van der Waals surface area (Å²) < 4.78 is 5.20. The molecule has 1 amide bonds. The Bertz CT molecular complexity index is 709. The molecule has 116 valence electrons. The molecular formula is C14H15N3O4S. The summed E-state index contributed by atoms with van der Waals surface area (Å²) in [6.45, 7) is 2.93. The molecule has 0 saturated carbocycles. The number of aromatic carboxylic acids is 1. The van der Waals surface area contributed by atoms with Crippen LogP contribution in [-0.4, -0.2) is 45.1 Å². The van der Waals surface area contributed by atoms with Gasteiger partial charge in [-0.15, -0.1) is 11.3 Å². The fraction of sp³-hybridized carbons (Fsp3) is 0.429. The normalized spacial score (nSPS) is 18.4. The van der Waals surface area contributed by atoms with Gasteiger partial charge in [0.25, 0.3) is 5.91 Å². The van der Waals surface area contributed by atoms with E-state index in [1.54, 1.807) is 17.9 Å². The van der Waals surface area contributed by atoms with Crippen LogP contribution >= 0.6 is 11.3 Å². The van der Waals surface area contributed by atoms with Gasteiger partial charge in [-0.05, 0) is 31.9 Å². The number of carboxylic acids is 1. The minimum atomic E-state index is -1.01. The smallest absolute Gasteiger partial charge is 0.345 e. The van der Waals surface area contributed by atoms with E-state index in [-0.39, 0.29) is 16.7 Å². The molecule has 22 heavy (non-hydrogen) atoms. The number of aromatic nitrogens is 2. The predicted octanol–water partition coefficient (Wildman–Crippen LogP) is 2.16. The number of carbonyl (C=O) groups is 2. The molecule has 8 heteroatoms. The molecule has 7 nitrogen and oxygen atoms in total. The summed E-state index contributed by atoms with van der Waals surface area (Å²) in [4.78, 5) is 30.0. The number of likely N-dealkylation sites (tertiary alicyclic amines) is 1. The molecule has 2 aromatic rings. The Morgan fingerprint density at radius 2 is 2.18 bits per heavy atom. The standard InChI is InChI=1S/C14H15N3O4S/c1-8-15-12(21-16-8)9-3-2-6-17(7-9)13(18)10-4-5-11(22-10)14(19)20/h4-5,9H,2-3,6-7H2,1H3,(H,19,20). The number of hydrogen-bond acceptors (Lipinski definition) is 6. The molecule has 1 aliphatic heterocycles. The first kappa shape index (κ1) is 14.7. The highest BCUT2D eigenvalue weighted by Gasteiger charge is 2.29. The summed E-state index contributed by atoms with van der Waals surface area (Å²) in [6, 6.07) is 3.03. The van der Waals surface area contributed by atoms with E-state index >= 15 is 0 Å². The molecule has 1 fully saturated rings. The van der Waals surface area contributed by atoms with Gasteiger partial charge in [-0.2, -0.15) is 4.98 Å². The number of amides is 1. The van der Waals surface area contributed by atoms with Crippen LogP contribution in [0.2, 0.25) is 0 Å². The van der Waals surface area contributed by atoms with E-state index in [0.29, 0.717) is 29.7 Å². The van der Waals surface area contributed by atoms with E-state index in [9.17, 15) is 9.59 Å². The van der Waals surface area contributed by atoms with Gasteiger partial charge in [0.1, 0.15) is 4.88 Å². The van der Waals surface area contributed by atoms with Gasteiger partial charge in [-0.1, -0.05) is 5.16 Å². The Labute approximate surface area is 130 Å². The Morgan fingerprint density at radius 1 is 1.41 bits per heavy atom. The summed E-state index contributed by atoms with van der Waals surface area (Å²) in [6.07, 6.45) is 1.76. The largest absolute Gasteiger partial charge is 0.477 e. The van der Waals surface area contributed by atoms with E-state index in [1.165, 1.54) is 6.07 Å². The van der Waals surface area contributed by atoms with Crippen LogP contribution in [-0.2, 0) is 0 Å². The van der Waals surface area contributed by atoms with Crippen molar-refractivity contribution in [2.24, 2.45) is 0 Å². The molecule has 0 radical (unpaired) electrons. The molecule has 1 saturated heterocycles. The molecule has 0 aromatic carbocycles. The molecule has 1 aliphatic rings. The highest BCUT2D eigenvalue weighted by atomic mass is 32.1. The fourth-order valence-electron chi connectivity index (χ4n) is 2.57. The van der Waals surface area contributed by atoms with Crippen molar-refractivity contribution >= 4 is 23.2 Å². The number of thiophene rings is 1. The number of nitrogens with zero attached hydrogens (tertiary/aromatic N) is 3. The fourth-order valence-corrected chi connectivity index (χ4v) is 3.38. The van der Waals surface area contributed by atoms with Crippen molar-refractivity contribution < 1.29 is 19.2 Å². The minimum absolute atomic E-state index is 0.0396. The first-order chi connectivity index (χ1) is 10.5. The maximum Gasteiger partial charge on any atom is 0.345 e. The van der Waals surface area contributed by atoms with E-state index in [1.807, 2.05) is 0 Å². The molecule has 1 N–H and O–H groups in total. The molecule has 0 spiro atoms. The van der Waals surface area contributed by atoms with Gasteiger partial charge in [-0.3, -0.25) is 4.79 Å². The Hall–Kier alpha value is -2.22. The number of piperidine rings is 1. The minimum Gasteiger partial charge on any atom is -0.477 e. The molecule has 0 aliphatic carbocycles. The Kier molecular flexibility index (Phi) is 3.93. The highest BCUT2D eigenvalue weighted by Crippen LogP contribution is 2.28. The van der Waals surface area contributed by atoms with Gasteiger partial charge in [0.15, 0.2) is 5.82 Å². The van der Waals surface area contributed by atoms with Gasteiger partial charge in [0, 0.05) is 13.1 Å². The number of carbonyl (C=O) groups excluding carboxylic acids is 1. The lowest BCUT2D eigenvalue weighted by Crippen LogP contribution is -2.38. The lowest BCUT2D eigenvalue weighted by atomic mass is 9.98. The molecule has 1 unspecified atom stereocenters. The molecule has 1 atom stereocenters. The van der Waals surface area contributed by atoms with Crippen LogP contribution in [0.15, 0.2) is 16.7 Å². The van der Waals surface area contributed by atoms with Crippen LogP contribution in [0.5, 0.6) is 0 Å². The van der Waals surface area contributed by atoms with E-state index in [2.05, 4.69) is 10.1 Å². The third-order valence-corrected chi connectivity index (χ3v) is 4.69. The summed E-state index contributed by atoms with van der Waals surface area (Å²) >= 11 is 1.00. The number of carboxylic acid groups (broad SMARTS) is 1. The zero-order valence-electron chi connectivity index (χ0n) is 12.0. The lowest BCUT2D eigenvalue weighted by Gasteiger charge is -2.30. The maximum atomic E-state index is 12.5. The zero-order valence-corrected chi connectivity index (χ0v) is 12.8. The molecule has 0 bridgehead atoms. The Morgan fingerprint density at radius 3 is 2.82 bits per heavy atom. The van der Waals surface area contributed by atoms with Crippen molar-refractivity contribution in [3.05, 3.63) is 33.6 Å². The second-order valence-electron chi connectivity index (χ2n) is 5.24. The third-order valence-electron chi connectivity index (χ3n) is 3.63. The van der Waals surface area contributed by atoms with Crippen LogP contribution in [0.4, 0.5) is 0 Å². The summed E-state index contributed by atoms with van der Waals surface area (Å²) in [5.74, 6) is 0.0355. The molecular weight excluding hydrogens is 306 g/mol. The average Bonchev–Trinajstić information content (AvgIpc) is 3.15. The van der Waals surface area contributed by atoms with Crippen LogP contribution < -0.4 is 0 Å². The van der Waals surface area contributed by atoms with Crippen LogP contribution in [0.25, 0.3) is 0 Å². The second kappa shape index (κ2) is 5.88. The molecule has 2 aromatic heterocycles. The SMILES string of the molecule is Cc1noc(C2CCCN(C(=O)c3ccc(C(=O)O)s3)C2)n1. The lowest BCUT2D eigenvalue weighted by molar-refractivity contribution is 0.0694. The van der Waals surface area contributed by atoms with Crippen LogP contribution in [0.1, 0.15) is 49.8 Å².